The third-order valence-corrected chi connectivity index (χ3v) is 3.76. The molecule has 64 valence electrons. The molecule has 2 bridgehead atoms. The zero-order valence-corrected chi connectivity index (χ0v) is 7.31. The maximum absolute atomic E-state index is 5.46. The van der Waals surface area contributed by atoms with E-state index in [-0.39, 0.29) is 0 Å². The lowest BCUT2D eigenvalue weighted by atomic mass is 9.84. The predicted molar refractivity (Wildman–Crippen MR) is 47.7 cm³/mol. The Labute approximate surface area is 73.1 Å². The minimum Gasteiger partial charge on any atom is -0.377 e. The summed E-state index contributed by atoms with van der Waals surface area (Å²) in [6.45, 7) is 0. The van der Waals surface area contributed by atoms with E-state index in [4.69, 9.17) is 4.74 Å². The van der Waals surface area contributed by atoms with Gasteiger partial charge in [0.05, 0.1) is 6.10 Å². The normalized spacial score (nSPS) is 53.6. The number of hydrogen-bond donors (Lipinski definition) is 0. The molecule has 5 atom stereocenters. The maximum Gasteiger partial charge on any atom is 0.0791 e. The molecule has 3 aliphatic carbocycles. The second-order valence-electron chi connectivity index (χ2n) is 4.19. The lowest BCUT2D eigenvalue weighted by Gasteiger charge is -2.24. The molecule has 0 aromatic heterocycles. The van der Waals surface area contributed by atoms with E-state index < -0.39 is 0 Å². The highest BCUT2D eigenvalue weighted by Gasteiger charge is 2.48. The number of ether oxygens (including phenoxy) is 1. The molecule has 0 aromatic carbocycles. The van der Waals surface area contributed by atoms with Gasteiger partial charge in [0.15, 0.2) is 0 Å². The van der Waals surface area contributed by atoms with Crippen LogP contribution in [-0.2, 0) is 4.74 Å². The number of rotatable bonds is 1. The van der Waals surface area contributed by atoms with E-state index in [1.54, 1.807) is 0 Å². The van der Waals surface area contributed by atoms with Gasteiger partial charge in [-0.3, -0.25) is 0 Å². The van der Waals surface area contributed by atoms with Crippen LogP contribution in [0.4, 0.5) is 0 Å². The maximum atomic E-state index is 5.46. The summed E-state index contributed by atoms with van der Waals surface area (Å²) in [4.78, 5) is 0. The van der Waals surface area contributed by atoms with Gasteiger partial charge in [-0.15, -0.1) is 0 Å². The molecule has 0 aliphatic heterocycles. The van der Waals surface area contributed by atoms with Crippen LogP contribution in [-0.4, -0.2) is 13.2 Å². The van der Waals surface area contributed by atoms with Gasteiger partial charge >= 0.3 is 0 Å². The molecule has 0 saturated heterocycles. The average molecular weight is 162 g/mol. The van der Waals surface area contributed by atoms with Crippen LogP contribution in [0.25, 0.3) is 0 Å². The summed E-state index contributed by atoms with van der Waals surface area (Å²) in [6.07, 6.45) is 11.2. The SMILES string of the molecule is CO[C@@H]1C=CC2C1[C@@H]1C=C[C@H]2C1. The van der Waals surface area contributed by atoms with Gasteiger partial charge < -0.3 is 4.74 Å². The molecule has 0 radical (unpaired) electrons. The Hall–Kier alpha value is -0.560. The van der Waals surface area contributed by atoms with Crippen molar-refractivity contribution in [2.75, 3.05) is 7.11 Å². The molecule has 0 N–H and O–H groups in total. The van der Waals surface area contributed by atoms with Gasteiger partial charge in [-0.05, 0) is 24.2 Å². The molecule has 0 heterocycles. The number of allylic oxidation sites excluding steroid dienone is 3. The van der Waals surface area contributed by atoms with Crippen LogP contribution in [0, 0.1) is 23.7 Å². The van der Waals surface area contributed by atoms with Gasteiger partial charge in [0, 0.05) is 13.0 Å². The zero-order valence-electron chi connectivity index (χ0n) is 7.31. The Kier molecular flexibility index (Phi) is 1.28. The molecular formula is C11H14O. The van der Waals surface area contributed by atoms with Gasteiger partial charge in [-0.25, -0.2) is 0 Å². The van der Waals surface area contributed by atoms with E-state index in [1.807, 2.05) is 7.11 Å². The summed E-state index contributed by atoms with van der Waals surface area (Å²) in [5, 5.41) is 0. The lowest BCUT2D eigenvalue weighted by Crippen LogP contribution is -2.25. The van der Waals surface area contributed by atoms with E-state index in [2.05, 4.69) is 24.3 Å². The molecule has 1 heteroatoms. The van der Waals surface area contributed by atoms with Crippen molar-refractivity contribution in [3.8, 4) is 0 Å². The second-order valence-corrected chi connectivity index (χ2v) is 4.19. The second kappa shape index (κ2) is 2.23. The first-order valence-corrected chi connectivity index (χ1v) is 4.79. The molecule has 0 amide bonds. The van der Waals surface area contributed by atoms with Crippen molar-refractivity contribution >= 4 is 0 Å². The number of methoxy groups -OCH3 is 1. The van der Waals surface area contributed by atoms with E-state index in [9.17, 15) is 0 Å². The van der Waals surface area contributed by atoms with Crippen molar-refractivity contribution < 1.29 is 4.74 Å². The van der Waals surface area contributed by atoms with Crippen molar-refractivity contribution in [1.82, 2.24) is 0 Å². The highest BCUT2D eigenvalue weighted by atomic mass is 16.5. The Morgan fingerprint density at radius 1 is 1.08 bits per heavy atom. The fraction of sp³-hybridized carbons (Fsp3) is 0.636. The van der Waals surface area contributed by atoms with E-state index in [1.165, 1.54) is 6.42 Å². The molecule has 2 unspecified atom stereocenters. The minimum absolute atomic E-state index is 0.398. The lowest BCUT2D eigenvalue weighted by molar-refractivity contribution is 0.0765. The van der Waals surface area contributed by atoms with Crippen LogP contribution in [0.5, 0.6) is 0 Å². The first kappa shape index (κ1) is 6.90. The molecular weight excluding hydrogens is 148 g/mol. The van der Waals surface area contributed by atoms with Crippen LogP contribution < -0.4 is 0 Å². The van der Waals surface area contributed by atoms with Crippen molar-refractivity contribution in [1.29, 1.82) is 0 Å². The zero-order chi connectivity index (χ0) is 8.13. The van der Waals surface area contributed by atoms with Crippen LogP contribution in [0.3, 0.4) is 0 Å². The largest absolute Gasteiger partial charge is 0.377 e. The topological polar surface area (TPSA) is 9.23 Å². The van der Waals surface area contributed by atoms with Gasteiger partial charge in [-0.2, -0.15) is 0 Å². The van der Waals surface area contributed by atoms with Crippen LogP contribution in [0.15, 0.2) is 24.3 Å². The Morgan fingerprint density at radius 3 is 2.75 bits per heavy atom. The number of fused-ring (bicyclic) bond motifs is 5. The molecule has 1 nitrogen and oxygen atoms in total. The van der Waals surface area contributed by atoms with E-state index >= 15 is 0 Å². The Morgan fingerprint density at radius 2 is 1.92 bits per heavy atom. The van der Waals surface area contributed by atoms with Gasteiger partial charge in [-0.1, -0.05) is 24.3 Å². The van der Waals surface area contributed by atoms with Crippen LogP contribution in [0.1, 0.15) is 6.42 Å². The Balaban J connectivity index is 1.94. The molecule has 1 saturated carbocycles. The van der Waals surface area contributed by atoms with E-state index in [0.717, 1.165) is 23.7 Å². The summed E-state index contributed by atoms with van der Waals surface area (Å²) >= 11 is 0. The van der Waals surface area contributed by atoms with Gasteiger partial charge in [0.25, 0.3) is 0 Å². The fourth-order valence-corrected chi connectivity index (χ4v) is 3.23. The molecule has 3 rings (SSSR count). The molecule has 1 fully saturated rings. The summed E-state index contributed by atoms with van der Waals surface area (Å²) in [6, 6.07) is 0. The molecule has 12 heavy (non-hydrogen) atoms. The first-order valence-electron chi connectivity index (χ1n) is 4.79. The Bertz CT molecular complexity index is 254. The van der Waals surface area contributed by atoms with Crippen LogP contribution >= 0.6 is 0 Å². The monoisotopic (exact) mass is 162 g/mol. The molecule has 0 aromatic rings. The summed E-state index contributed by atoms with van der Waals surface area (Å²) < 4.78 is 5.46. The third-order valence-electron chi connectivity index (χ3n) is 3.76. The highest BCUT2D eigenvalue weighted by Crippen LogP contribution is 2.53. The number of hydrogen-bond acceptors (Lipinski definition) is 1. The van der Waals surface area contributed by atoms with Crippen molar-refractivity contribution in [2.24, 2.45) is 23.7 Å². The minimum atomic E-state index is 0.398. The van der Waals surface area contributed by atoms with Crippen LogP contribution in [0.2, 0.25) is 0 Å². The standard InChI is InChI=1S/C11H14O/c1-12-10-5-4-9-7-2-3-8(6-7)11(9)10/h2-5,7-11H,6H2,1H3/t7-,8+,9?,10+,11?/m0/s1. The smallest absolute Gasteiger partial charge is 0.0791 e. The summed E-state index contributed by atoms with van der Waals surface area (Å²) in [5.41, 5.74) is 0. The highest BCUT2D eigenvalue weighted by molar-refractivity contribution is 5.24. The third kappa shape index (κ3) is 0.680. The average Bonchev–Trinajstić information content (AvgIpc) is 2.76. The predicted octanol–water partition coefficient (Wildman–Crippen LogP) is 2.01. The van der Waals surface area contributed by atoms with Gasteiger partial charge in [0.1, 0.15) is 0 Å². The summed E-state index contributed by atoms with van der Waals surface area (Å²) in [7, 11) is 1.83. The van der Waals surface area contributed by atoms with Crippen molar-refractivity contribution in [3.05, 3.63) is 24.3 Å². The quantitative estimate of drug-likeness (QED) is 0.536. The molecule has 0 spiro atoms. The van der Waals surface area contributed by atoms with Gasteiger partial charge in [0.2, 0.25) is 0 Å². The van der Waals surface area contributed by atoms with Crippen molar-refractivity contribution in [2.45, 2.75) is 12.5 Å². The summed E-state index contributed by atoms with van der Waals surface area (Å²) in [5.74, 6) is 3.20. The molecule has 3 aliphatic rings. The fourth-order valence-electron chi connectivity index (χ4n) is 3.23. The first-order chi connectivity index (χ1) is 5.90. The van der Waals surface area contributed by atoms with E-state index in [0.29, 0.717) is 6.10 Å². The van der Waals surface area contributed by atoms with Crippen molar-refractivity contribution in [3.63, 3.8) is 0 Å².